The highest BCUT2D eigenvalue weighted by atomic mass is 35.7. The van der Waals surface area contributed by atoms with Gasteiger partial charge in [0.1, 0.15) is 14.9 Å². The van der Waals surface area contributed by atoms with Gasteiger partial charge in [-0.3, -0.25) is 0 Å². The summed E-state index contributed by atoms with van der Waals surface area (Å²) in [6.07, 6.45) is 0. The number of hydrogen-bond donors (Lipinski definition) is 0. The minimum absolute atomic E-state index is 0.0864. The largest absolute Gasteiger partial charge is 0.262 e. The van der Waals surface area contributed by atoms with Crippen LogP contribution in [0.1, 0.15) is 0 Å². The maximum absolute atomic E-state index is 11.1. The molecule has 0 amide bonds. The second-order valence-corrected chi connectivity index (χ2v) is 6.30. The number of nitrogens with zero attached hydrogens (tertiary/aromatic N) is 1. The SMILES string of the molecule is O=S(=O)(Cl)c1csc2nc(Cl)ccc12. The van der Waals surface area contributed by atoms with Crippen LogP contribution in [0.25, 0.3) is 10.2 Å². The minimum Gasteiger partial charge on any atom is -0.225 e. The van der Waals surface area contributed by atoms with E-state index in [0.29, 0.717) is 15.4 Å². The molecule has 0 fully saturated rings. The van der Waals surface area contributed by atoms with Gasteiger partial charge in [-0.05, 0) is 12.1 Å². The first kappa shape index (κ1) is 10.2. The van der Waals surface area contributed by atoms with E-state index in [1.54, 1.807) is 6.07 Å². The van der Waals surface area contributed by atoms with Crippen molar-refractivity contribution < 1.29 is 8.42 Å². The van der Waals surface area contributed by atoms with Crippen molar-refractivity contribution >= 4 is 52.9 Å². The summed E-state index contributed by atoms with van der Waals surface area (Å²) in [7, 11) is 1.54. The third kappa shape index (κ3) is 1.72. The van der Waals surface area contributed by atoms with E-state index < -0.39 is 9.05 Å². The Bertz CT molecular complexity index is 591. The molecule has 3 nitrogen and oxygen atoms in total. The van der Waals surface area contributed by atoms with Crippen molar-refractivity contribution in [2.75, 3.05) is 0 Å². The number of pyridine rings is 1. The molecule has 0 unspecified atom stereocenters. The summed E-state index contributed by atoms with van der Waals surface area (Å²) >= 11 is 6.85. The van der Waals surface area contributed by atoms with Crippen LogP contribution >= 0.6 is 33.6 Å². The van der Waals surface area contributed by atoms with Crippen LogP contribution in [0.2, 0.25) is 5.15 Å². The zero-order chi connectivity index (χ0) is 10.3. The van der Waals surface area contributed by atoms with Crippen LogP contribution in [-0.4, -0.2) is 13.4 Å². The van der Waals surface area contributed by atoms with Gasteiger partial charge in [0.2, 0.25) is 0 Å². The maximum Gasteiger partial charge on any atom is 0.262 e. The van der Waals surface area contributed by atoms with Crippen molar-refractivity contribution in [3.8, 4) is 0 Å². The average Bonchev–Trinajstić information content (AvgIpc) is 2.45. The summed E-state index contributed by atoms with van der Waals surface area (Å²) < 4.78 is 22.2. The maximum atomic E-state index is 11.1. The van der Waals surface area contributed by atoms with Crippen molar-refractivity contribution in [1.29, 1.82) is 0 Å². The topological polar surface area (TPSA) is 47.0 Å². The van der Waals surface area contributed by atoms with E-state index in [2.05, 4.69) is 4.98 Å². The number of fused-ring (bicyclic) bond motifs is 1. The van der Waals surface area contributed by atoms with E-state index in [1.165, 1.54) is 22.8 Å². The van der Waals surface area contributed by atoms with Crippen LogP contribution in [-0.2, 0) is 9.05 Å². The van der Waals surface area contributed by atoms with Crippen LogP contribution in [0.3, 0.4) is 0 Å². The zero-order valence-corrected chi connectivity index (χ0v) is 9.71. The van der Waals surface area contributed by atoms with Gasteiger partial charge in [0.05, 0.1) is 0 Å². The Morgan fingerprint density at radius 1 is 1.36 bits per heavy atom. The normalized spacial score (nSPS) is 12.1. The van der Waals surface area contributed by atoms with E-state index in [1.807, 2.05) is 0 Å². The lowest BCUT2D eigenvalue weighted by Crippen LogP contribution is -1.87. The molecule has 0 saturated heterocycles. The van der Waals surface area contributed by atoms with Gasteiger partial charge < -0.3 is 0 Å². The lowest BCUT2D eigenvalue weighted by atomic mass is 10.3. The minimum atomic E-state index is -3.70. The molecular formula is C7H3Cl2NO2S2. The molecule has 0 aliphatic heterocycles. The fourth-order valence-electron chi connectivity index (χ4n) is 1.06. The molecule has 0 atom stereocenters. The fraction of sp³-hybridized carbons (Fsp3) is 0. The van der Waals surface area contributed by atoms with Gasteiger partial charge in [-0.2, -0.15) is 0 Å². The average molecular weight is 268 g/mol. The molecule has 14 heavy (non-hydrogen) atoms. The highest BCUT2D eigenvalue weighted by molar-refractivity contribution is 8.14. The number of aromatic nitrogens is 1. The van der Waals surface area contributed by atoms with Crippen molar-refractivity contribution in [3.63, 3.8) is 0 Å². The number of rotatable bonds is 1. The van der Waals surface area contributed by atoms with Crippen LogP contribution in [0.15, 0.2) is 22.4 Å². The first-order chi connectivity index (χ1) is 6.48. The molecule has 0 radical (unpaired) electrons. The van der Waals surface area contributed by atoms with Gasteiger partial charge in [-0.15, -0.1) is 11.3 Å². The Morgan fingerprint density at radius 2 is 2.07 bits per heavy atom. The van der Waals surface area contributed by atoms with Crippen LogP contribution in [0.4, 0.5) is 0 Å². The second kappa shape index (κ2) is 3.34. The summed E-state index contributed by atoms with van der Waals surface area (Å²) in [5, 5.41) is 2.29. The number of halogens is 2. The van der Waals surface area contributed by atoms with Gasteiger partial charge in [-0.25, -0.2) is 13.4 Å². The van der Waals surface area contributed by atoms with Crippen molar-refractivity contribution in [1.82, 2.24) is 4.98 Å². The van der Waals surface area contributed by atoms with E-state index in [0.717, 1.165) is 0 Å². The van der Waals surface area contributed by atoms with E-state index >= 15 is 0 Å². The van der Waals surface area contributed by atoms with Gasteiger partial charge in [-0.1, -0.05) is 11.6 Å². The van der Waals surface area contributed by atoms with Gasteiger partial charge >= 0.3 is 0 Å². The predicted molar refractivity (Wildman–Crippen MR) is 57.7 cm³/mol. The third-order valence-electron chi connectivity index (χ3n) is 1.63. The Morgan fingerprint density at radius 3 is 2.71 bits per heavy atom. The molecule has 0 saturated carbocycles. The molecule has 0 aromatic carbocycles. The molecule has 2 aromatic heterocycles. The standard InChI is InChI=1S/C7H3Cl2NO2S2/c8-6-2-1-4-5(14(9,11)12)3-13-7(4)10-6/h1-3H. The van der Waals surface area contributed by atoms with Crippen LogP contribution in [0.5, 0.6) is 0 Å². The first-order valence-corrected chi connectivity index (χ1v) is 7.03. The summed E-state index contributed by atoms with van der Waals surface area (Å²) in [6.45, 7) is 0. The molecule has 0 aliphatic rings. The quantitative estimate of drug-likeness (QED) is 0.590. The smallest absolute Gasteiger partial charge is 0.225 e. The third-order valence-corrected chi connectivity index (χ3v) is 4.24. The predicted octanol–water partition coefficient (Wildman–Crippen LogP) is 2.88. The van der Waals surface area contributed by atoms with E-state index in [-0.39, 0.29) is 4.90 Å². The Balaban J connectivity index is 2.83. The molecule has 0 aliphatic carbocycles. The Hall–Kier alpha value is -0.360. The molecule has 74 valence electrons. The molecule has 0 bridgehead atoms. The lowest BCUT2D eigenvalue weighted by Gasteiger charge is -1.93. The highest BCUT2D eigenvalue weighted by Crippen LogP contribution is 2.30. The van der Waals surface area contributed by atoms with Crippen molar-refractivity contribution in [2.45, 2.75) is 4.90 Å². The van der Waals surface area contributed by atoms with Gasteiger partial charge in [0.15, 0.2) is 0 Å². The molecule has 2 aromatic rings. The summed E-state index contributed by atoms with van der Waals surface area (Å²) in [6, 6.07) is 3.12. The van der Waals surface area contributed by atoms with Crippen molar-refractivity contribution in [2.24, 2.45) is 0 Å². The summed E-state index contributed by atoms with van der Waals surface area (Å²) in [5.41, 5.74) is 0. The van der Waals surface area contributed by atoms with Crippen LogP contribution < -0.4 is 0 Å². The van der Waals surface area contributed by atoms with E-state index in [4.69, 9.17) is 22.3 Å². The van der Waals surface area contributed by atoms with Gasteiger partial charge in [0.25, 0.3) is 9.05 Å². The molecule has 0 spiro atoms. The fourth-order valence-corrected chi connectivity index (χ4v) is 3.73. The van der Waals surface area contributed by atoms with Crippen LogP contribution in [0, 0.1) is 0 Å². The number of thiophene rings is 1. The molecular weight excluding hydrogens is 265 g/mol. The Labute approximate surface area is 93.7 Å². The lowest BCUT2D eigenvalue weighted by molar-refractivity contribution is 0.610. The second-order valence-electron chi connectivity index (χ2n) is 2.52. The molecule has 0 N–H and O–H groups in total. The molecule has 2 heterocycles. The Kier molecular flexibility index (Phi) is 2.43. The monoisotopic (exact) mass is 267 g/mol. The highest BCUT2D eigenvalue weighted by Gasteiger charge is 2.16. The molecule has 7 heteroatoms. The number of hydrogen-bond acceptors (Lipinski definition) is 4. The first-order valence-electron chi connectivity index (χ1n) is 3.47. The summed E-state index contributed by atoms with van der Waals surface area (Å²) in [4.78, 5) is 4.62. The zero-order valence-electron chi connectivity index (χ0n) is 6.57. The molecule has 2 rings (SSSR count). The van der Waals surface area contributed by atoms with Gasteiger partial charge in [0, 0.05) is 21.4 Å². The van der Waals surface area contributed by atoms with E-state index in [9.17, 15) is 8.42 Å². The summed E-state index contributed by atoms with van der Waals surface area (Å²) in [5.74, 6) is 0. The van der Waals surface area contributed by atoms with Crippen molar-refractivity contribution in [3.05, 3.63) is 22.7 Å².